The van der Waals surface area contributed by atoms with E-state index in [0.29, 0.717) is 18.5 Å². The van der Waals surface area contributed by atoms with Gasteiger partial charge in [-0.3, -0.25) is 29.4 Å². The van der Waals surface area contributed by atoms with E-state index in [1.807, 2.05) is 36.4 Å². The van der Waals surface area contributed by atoms with Crippen molar-refractivity contribution in [2.45, 2.75) is 56.8 Å². The maximum absolute atomic E-state index is 13.8. The summed E-state index contributed by atoms with van der Waals surface area (Å²) in [6, 6.07) is 13.0. The lowest BCUT2D eigenvalue weighted by atomic mass is 10.0. The molecule has 12 heteroatoms. The molecule has 3 rings (SSSR count). The van der Waals surface area contributed by atoms with Gasteiger partial charge < -0.3 is 25.4 Å². The number of nitrogens with zero attached hydrogens (tertiary/aromatic N) is 1. The molecule has 1 heterocycles. The maximum Gasteiger partial charge on any atom is 0.341 e. The van der Waals surface area contributed by atoms with Crippen LogP contribution in [0.2, 0.25) is 0 Å². The van der Waals surface area contributed by atoms with Crippen molar-refractivity contribution in [1.82, 2.24) is 5.32 Å². The number of rotatable bonds is 13. The van der Waals surface area contributed by atoms with Crippen molar-refractivity contribution in [3.8, 4) is 0 Å². The van der Waals surface area contributed by atoms with Gasteiger partial charge in [0, 0.05) is 5.69 Å². The van der Waals surface area contributed by atoms with E-state index < -0.39 is 67.2 Å². The van der Waals surface area contributed by atoms with Crippen LogP contribution in [0.15, 0.2) is 54.6 Å². The lowest BCUT2D eigenvalue weighted by molar-refractivity contribution is -0.157. The number of nitrogens with two attached hydrogens (primary N) is 1. The zero-order valence-corrected chi connectivity index (χ0v) is 22.0. The van der Waals surface area contributed by atoms with E-state index >= 15 is 0 Å². The molecule has 0 fully saturated rings. The minimum atomic E-state index is -1.44. The third-order valence-corrected chi connectivity index (χ3v) is 6.53. The summed E-state index contributed by atoms with van der Waals surface area (Å²) in [4.78, 5) is 62.7. The summed E-state index contributed by atoms with van der Waals surface area (Å²) >= 11 is 0. The van der Waals surface area contributed by atoms with Gasteiger partial charge in [-0.1, -0.05) is 48.5 Å². The van der Waals surface area contributed by atoms with Crippen LogP contribution in [0.1, 0.15) is 30.9 Å². The molecular weight excluding hydrogens is 522 g/mol. The third-order valence-electron chi connectivity index (χ3n) is 6.53. The number of aliphatic carboxylic acids is 2. The highest BCUT2D eigenvalue weighted by Crippen LogP contribution is 2.27. The van der Waals surface area contributed by atoms with Crippen LogP contribution in [0, 0.1) is 0 Å². The number of nitrogens with one attached hydrogen (secondary N) is 1. The molecule has 0 aliphatic carbocycles. The lowest BCUT2D eigenvalue weighted by Gasteiger charge is -2.28. The summed E-state index contributed by atoms with van der Waals surface area (Å²) in [6.45, 7) is 0.0171. The molecule has 1 aliphatic heterocycles. The summed E-state index contributed by atoms with van der Waals surface area (Å²) in [5.41, 5.74) is 7.76. The minimum Gasteiger partial charge on any atom is -0.480 e. The van der Waals surface area contributed by atoms with Crippen molar-refractivity contribution < 1.29 is 43.7 Å². The Morgan fingerprint density at radius 3 is 2.42 bits per heavy atom. The number of hydrogen-bond donors (Lipinski definition) is 4. The number of carbonyl (C=O) groups excluding carboxylic acids is 3. The standard InChI is InChI=1S/C28H33N3O9/c1-17(25(29)27(36)37)40-24(34)15-31-22-10-6-5-9-19(22)12-14-20(26(31)35)30-21(28(38)39-16-23(32)33)13-11-18-7-3-2-4-8-18/h2-10,17,20-21,25,30H,11-16,29H2,1H3,(H,32,33)(H,36,37)/t17-,20+,21+,25+/m1/s1. The van der Waals surface area contributed by atoms with Crippen LogP contribution in [-0.4, -0.2) is 77.4 Å². The van der Waals surface area contributed by atoms with Crippen molar-refractivity contribution in [3.05, 3.63) is 65.7 Å². The Hall–Kier alpha value is -4.29. The number of carboxylic acids is 2. The average Bonchev–Trinajstić information content (AvgIpc) is 3.06. The normalized spacial score (nSPS) is 17.1. The molecule has 0 radical (unpaired) electrons. The largest absolute Gasteiger partial charge is 0.480 e. The van der Waals surface area contributed by atoms with Gasteiger partial charge >= 0.3 is 23.9 Å². The third kappa shape index (κ3) is 8.35. The number of aryl methyl sites for hydroxylation is 2. The molecule has 4 atom stereocenters. The first kappa shape index (κ1) is 30.3. The molecule has 0 saturated carbocycles. The SMILES string of the molecule is C[C@@H](OC(=O)CN1C(=O)[C@@H](N[C@@H](CCc2ccccc2)C(=O)OCC(=O)O)CCc2ccccc21)[C@H](N)C(=O)O. The number of anilines is 1. The molecule has 0 aromatic heterocycles. The molecule has 214 valence electrons. The van der Waals surface area contributed by atoms with Gasteiger partial charge in [0.1, 0.15) is 24.7 Å². The Balaban J connectivity index is 1.81. The van der Waals surface area contributed by atoms with Crippen LogP contribution in [0.4, 0.5) is 5.69 Å². The van der Waals surface area contributed by atoms with Crippen LogP contribution in [-0.2, 0) is 46.3 Å². The number of amides is 1. The smallest absolute Gasteiger partial charge is 0.341 e. The Morgan fingerprint density at radius 2 is 1.75 bits per heavy atom. The summed E-state index contributed by atoms with van der Waals surface area (Å²) in [6.07, 6.45) is 0.282. The molecule has 0 saturated heterocycles. The number of benzene rings is 2. The van der Waals surface area contributed by atoms with E-state index in [9.17, 15) is 24.0 Å². The Morgan fingerprint density at radius 1 is 1.07 bits per heavy atom. The molecule has 12 nitrogen and oxygen atoms in total. The van der Waals surface area contributed by atoms with Gasteiger partial charge in [-0.25, -0.2) is 4.79 Å². The summed E-state index contributed by atoms with van der Waals surface area (Å²) < 4.78 is 10.1. The van der Waals surface area contributed by atoms with E-state index in [-0.39, 0.29) is 12.8 Å². The zero-order valence-electron chi connectivity index (χ0n) is 22.0. The first-order valence-electron chi connectivity index (χ1n) is 12.8. The van der Waals surface area contributed by atoms with Gasteiger partial charge in [0.2, 0.25) is 5.91 Å². The van der Waals surface area contributed by atoms with E-state index in [4.69, 9.17) is 25.4 Å². The van der Waals surface area contributed by atoms with E-state index in [2.05, 4.69) is 5.32 Å². The average molecular weight is 556 g/mol. The summed E-state index contributed by atoms with van der Waals surface area (Å²) in [5, 5.41) is 21.1. The monoisotopic (exact) mass is 555 g/mol. The topological polar surface area (TPSA) is 186 Å². The van der Waals surface area contributed by atoms with Gasteiger partial charge in [0.05, 0.1) is 6.04 Å². The van der Waals surface area contributed by atoms with Crippen molar-refractivity contribution in [1.29, 1.82) is 0 Å². The van der Waals surface area contributed by atoms with Crippen molar-refractivity contribution in [2.75, 3.05) is 18.1 Å². The molecule has 1 amide bonds. The van der Waals surface area contributed by atoms with Crippen LogP contribution in [0.25, 0.3) is 0 Å². The minimum absolute atomic E-state index is 0.228. The lowest BCUT2D eigenvalue weighted by Crippen LogP contribution is -2.53. The zero-order chi connectivity index (χ0) is 29.2. The van der Waals surface area contributed by atoms with Crippen LogP contribution in [0.3, 0.4) is 0 Å². The molecule has 0 bridgehead atoms. The van der Waals surface area contributed by atoms with E-state index in [1.165, 1.54) is 11.8 Å². The molecule has 1 aliphatic rings. The second kappa shape index (κ2) is 14.2. The van der Waals surface area contributed by atoms with Gasteiger partial charge in [-0.15, -0.1) is 0 Å². The highest BCUT2D eigenvalue weighted by Gasteiger charge is 2.35. The van der Waals surface area contributed by atoms with Crippen molar-refractivity contribution in [2.24, 2.45) is 5.73 Å². The van der Waals surface area contributed by atoms with Crippen molar-refractivity contribution in [3.63, 3.8) is 0 Å². The number of ether oxygens (including phenoxy) is 2. The molecule has 2 aromatic rings. The van der Waals surface area contributed by atoms with Gasteiger partial charge in [0.25, 0.3) is 0 Å². The predicted octanol–water partition coefficient (Wildman–Crippen LogP) is 0.897. The second-order valence-corrected chi connectivity index (χ2v) is 9.45. The number of carbonyl (C=O) groups is 5. The van der Waals surface area contributed by atoms with E-state index in [0.717, 1.165) is 11.1 Å². The molecule has 40 heavy (non-hydrogen) atoms. The van der Waals surface area contributed by atoms with Crippen LogP contribution in [0.5, 0.6) is 0 Å². The fourth-order valence-electron chi connectivity index (χ4n) is 4.38. The molecule has 0 spiro atoms. The Labute approximate surface area is 231 Å². The van der Waals surface area contributed by atoms with Gasteiger partial charge in [-0.2, -0.15) is 0 Å². The molecule has 5 N–H and O–H groups in total. The molecule has 2 aromatic carbocycles. The number of fused-ring (bicyclic) bond motifs is 1. The molecular formula is C28H33N3O9. The van der Waals surface area contributed by atoms with Crippen molar-refractivity contribution >= 4 is 35.5 Å². The first-order valence-corrected chi connectivity index (χ1v) is 12.8. The highest BCUT2D eigenvalue weighted by atomic mass is 16.6. The number of carboxylic acid groups (broad SMARTS) is 2. The van der Waals surface area contributed by atoms with E-state index in [1.54, 1.807) is 18.2 Å². The number of esters is 2. The molecule has 0 unspecified atom stereocenters. The number of hydrogen-bond acceptors (Lipinski definition) is 9. The Kier molecular flexibility index (Phi) is 10.7. The predicted molar refractivity (Wildman–Crippen MR) is 142 cm³/mol. The van der Waals surface area contributed by atoms with Gasteiger partial charge in [0.15, 0.2) is 6.61 Å². The Bertz CT molecular complexity index is 1220. The number of para-hydroxylation sites is 1. The maximum atomic E-state index is 13.8. The highest BCUT2D eigenvalue weighted by molar-refractivity contribution is 6.02. The fourth-order valence-corrected chi connectivity index (χ4v) is 4.38. The first-order chi connectivity index (χ1) is 19.1. The quantitative estimate of drug-likeness (QED) is 0.257. The van der Waals surface area contributed by atoms with Crippen LogP contribution >= 0.6 is 0 Å². The summed E-state index contributed by atoms with van der Waals surface area (Å²) in [5.74, 6) is -4.81. The summed E-state index contributed by atoms with van der Waals surface area (Å²) in [7, 11) is 0. The fraction of sp³-hybridized carbons (Fsp3) is 0.393. The second-order valence-electron chi connectivity index (χ2n) is 9.45. The van der Waals surface area contributed by atoms with Crippen LogP contribution < -0.4 is 16.0 Å². The van der Waals surface area contributed by atoms with Gasteiger partial charge in [-0.05, 0) is 49.8 Å².